The van der Waals surface area contributed by atoms with Gasteiger partial charge in [-0.05, 0) is 42.5 Å². The number of thiophene rings is 1. The largest absolute Gasteiger partial charge is 0.493 e. The van der Waals surface area contributed by atoms with Gasteiger partial charge in [0.1, 0.15) is 0 Å². The highest BCUT2D eigenvalue weighted by molar-refractivity contribution is 7.22. The average molecular weight is 433 g/mol. The zero-order valence-corrected chi connectivity index (χ0v) is 18.3. The lowest BCUT2D eigenvalue weighted by atomic mass is 10.2. The Morgan fingerprint density at radius 3 is 2.52 bits per heavy atom. The number of hydrogen-bond donors (Lipinski definition) is 2. The van der Waals surface area contributed by atoms with Crippen LogP contribution in [0.25, 0.3) is 20.7 Å². The van der Waals surface area contributed by atoms with Crippen molar-refractivity contribution in [1.82, 2.24) is 9.97 Å². The summed E-state index contributed by atoms with van der Waals surface area (Å²) in [5, 5.41) is 6.88. The minimum atomic E-state index is 0.653. The van der Waals surface area contributed by atoms with Gasteiger partial charge in [0, 0.05) is 23.2 Å². The molecule has 6 nitrogen and oxygen atoms in total. The third-order valence-corrected chi connectivity index (χ3v) is 6.50. The van der Waals surface area contributed by atoms with E-state index < -0.39 is 0 Å². The van der Waals surface area contributed by atoms with Crippen LogP contribution in [0.2, 0.25) is 0 Å². The van der Waals surface area contributed by atoms with E-state index in [-0.39, 0.29) is 0 Å². The SMILES string of the molecule is COc1ccc(Nc2nc(NCC3CC3)nc3cc(-c4ccccc4)sc23)cc1OC. The predicted octanol–water partition coefficient (Wildman–Crippen LogP) is 5.94. The van der Waals surface area contributed by atoms with Crippen molar-refractivity contribution in [3.05, 3.63) is 54.6 Å². The molecule has 1 aliphatic carbocycles. The van der Waals surface area contributed by atoms with Crippen LogP contribution in [0.15, 0.2) is 54.6 Å². The van der Waals surface area contributed by atoms with E-state index in [0.717, 1.165) is 34.2 Å². The van der Waals surface area contributed by atoms with Crippen molar-refractivity contribution in [3.63, 3.8) is 0 Å². The fraction of sp³-hybridized carbons (Fsp3) is 0.250. The number of nitrogens with one attached hydrogen (secondary N) is 2. The van der Waals surface area contributed by atoms with E-state index >= 15 is 0 Å². The molecule has 2 N–H and O–H groups in total. The maximum atomic E-state index is 5.45. The van der Waals surface area contributed by atoms with Crippen LogP contribution < -0.4 is 20.1 Å². The summed E-state index contributed by atoms with van der Waals surface area (Å²) in [5.74, 6) is 3.53. The molecule has 7 heteroatoms. The topological polar surface area (TPSA) is 68.3 Å². The molecule has 1 saturated carbocycles. The van der Waals surface area contributed by atoms with Gasteiger partial charge in [-0.15, -0.1) is 11.3 Å². The zero-order valence-electron chi connectivity index (χ0n) is 17.5. The van der Waals surface area contributed by atoms with Crippen LogP contribution in [-0.2, 0) is 0 Å². The van der Waals surface area contributed by atoms with E-state index in [4.69, 9.17) is 19.4 Å². The summed E-state index contributed by atoms with van der Waals surface area (Å²) in [6.45, 7) is 0.914. The first kappa shape index (κ1) is 19.6. The number of rotatable bonds is 8. The van der Waals surface area contributed by atoms with Crippen LogP contribution in [0, 0.1) is 5.92 Å². The Morgan fingerprint density at radius 1 is 0.968 bits per heavy atom. The highest BCUT2D eigenvalue weighted by Gasteiger charge is 2.21. The number of hydrogen-bond acceptors (Lipinski definition) is 7. The number of aromatic nitrogens is 2. The molecule has 0 bridgehead atoms. The Kier molecular flexibility index (Phi) is 5.34. The summed E-state index contributed by atoms with van der Waals surface area (Å²) < 4.78 is 11.8. The van der Waals surface area contributed by atoms with Crippen LogP contribution >= 0.6 is 11.3 Å². The molecule has 1 fully saturated rings. The third-order valence-electron chi connectivity index (χ3n) is 5.32. The fourth-order valence-electron chi connectivity index (χ4n) is 3.45. The molecule has 0 saturated heterocycles. The van der Waals surface area contributed by atoms with Crippen LogP contribution in [0.5, 0.6) is 11.5 Å². The number of methoxy groups -OCH3 is 2. The number of anilines is 3. The summed E-state index contributed by atoms with van der Waals surface area (Å²) in [5.41, 5.74) is 2.98. The van der Waals surface area contributed by atoms with Crippen LogP contribution in [0.4, 0.5) is 17.5 Å². The first-order chi connectivity index (χ1) is 15.2. The van der Waals surface area contributed by atoms with E-state index in [1.54, 1.807) is 25.6 Å². The van der Waals surface area contributed by atoms with Gasteiger partial charge in [-0.1, -0.05) is 30.3 Å². The average Bonchev–Trinajstić information content (AvgIpc) is 3.54. The molecular formula is C24H24N4O2S. The van der Waals surface area contributed by atoms with Crippen molar-refractivity contribution in [2.45, 2.75) is 12.8 Å². The minimum absolute atomic E-state index is 0.653. The molecule has 1 aliphatic rings. The molecule has 5 rings (SSSR count). The van der Waals surface area contributed by atoms with Crippen LogP contribution in [0.1, 0.15) is 12.8 Å². The highest BCUT2D eigenvalue weighted by atomic mass is 32.1. The lowest BCUT2D eigenvalue weighted by Crippen LogP contribution is -2.08. The zero-order chi connectivity index (χ0) is 21.2. The second-order valence-corrected chi connectivity index (χ2v) is 8.66. The Morgan fingerprint density at radius 2 is 1.77 bits per heavy atom. The van der Waals surface area contributed by atoms with Gasteiger partial charge in [-0.2, -0.15) is 4.98 Å². The summed E-state index contributed by atoms with van der Waals surface area (Å²) in [4.78, 5) is 10.8. The van der Waals surface area contributed by atoms with Crippen molar-refractivity contribution in [1.29, 1.82) is 0 Å². The lowest BCUT2D eigenvalue weighted by Gasteiger charge is -2.12. The van der Waals surface area contributed by atoms with Crippen LogP contribution in [0.3, 0.4) is 0 Å². The maximum absolute atomic E-state index is 5.45. The second-order valence-electron chi connectivity index (χ2n) is 7.61. The molecule has 0 unspecified atom stereocenters. The quantitative estimate of drug-likeness (QED) is 0.359. The maximum Gasteiger partial charge on any atom is 0.225 e. The molecule has 158 valence electrons. The normalized spacial score (nSPS) is 13.2. The van der Waals surface area contributed by atoms with E-state index in [1.807, 2.05) is 24.3 Å². The molecule has 0 aliphatic heterocycles. The predicted molar refractivity (Wildman–Crippen MR) is 127 cm³/mol. The van der Waals surface area contributed by atoms with Crippen molar-refractivity contribution in [3.8, 4) is 21.9 Å². The van der Waals surface area contributed by atoms with Gasteiger partial charge >= 0.3 is 0 Å². The molecule has 0 radical (unpaired) electrons. The molecule has 2 heterocycles. The van der Waals surface area contributed by atoms with Gasteiger partial charge < -0.3 is 20.1 Å². The van der Waals surface area contributed by atoms with Gasteiger partial charge in [0.15, 0.2) is 17.3 Å². The standard InChI is InChI=1S/C24H24N4O2S/c1-29-19-11-10-17(12-20(19)30-2)26-23-22-18(27-24(28-23)25-14-15-8-9-15)13-21(31-22)16-6-4-3-5-7-16/h3-7,10-13,15H,8-9,14H2,1-2H3,(H2,25,26,27,28). The third kappa shape index (κ3) is 4.27. The fourth-order valence-corrected chi connectivity index (χ4v) is 4.49. The van der Waals surface area contributed by atoms with Crippen molar-refractivity contribution >= 4 is 39.0 Å². The lowest BCUT2D eigenvalue weighted by molar-refractivity contribution is 0.355. The Balaban J connectivity index is 1.54. The first-order valence-electron chi connectivity index (χ1n) is 10.3. The molecule has 0 amide bonds. The van der Waals surface area contributed by atoms with Crippen molar-refractivity contribution < 1.29 is 9.47 Å². The van der Waals surface area contributed by atoms with Gasteiger partial charge in [0.2, 0.25) is 5.95 Å². The smallest absolute Gasteiger partial charge is 0.225 e. The van der Waals surface area contributed by atoms with Crippen molar-refractivity contribution in [2.24, 2.45) is 5.92 Å². The molecule has 31 heavy (non-hydrogen) atoms. The van der Waals surface area contributed by atoms with E-state index in [9.17, 15) is 0 Å². The molecule has 4 aromatic rings. The Labute approximate surface area is 185 Å². The van der Waals surface area contributed by atoms with E-state index in [2.05, 4.69) is 41.0 Å². The van der Waals surface area contributed by atoms with Crippen molar-refractivity contribution in [2.75, 3.05) is 31.4 Å². The van der Waals surface area contributed by atoms with Gasteiger partial charge in [-0.3, -0.25) is 0 Å². The highest BCUT2D eigenvalue weighted by Crippen LogP contribution is 2.39. The molecule has 2 aromatic heterocycles. The summed E-state index contributed by atoms with van der Waals surface area (Å²) in [7, 11) is 3.27. The first-order valence-corrected chi connectivity index (χ1v) is 11.1. The van der Waals surface area contributed by atoms with Gasteiger partial charge in [0.25, 0.3) is 0 Å². The monoisotopic (exact) mass is 432 g/mol. The van der Waals surface area contributed by atoms with Gasteiger partial charge in [-0.25, -0.2) is 4.98 Å². The number of benzene rings is 2. The summed E-state index contributed by atoms with van der Waals surface area (Å²) >= 11 is 1.69. The Hall–Kier alpha value is -3.32. The van der Waals surface area contributed by atoms with Gasteiger partial charge in [0.05, 0.1) is 24.4 Å². The molecule has 0 atom stereocenters. The molecular weight excluding hydrogens is 408 g/mol. The number of nitrogens with zero attached hydrogens (tertiary/aromatic N) is 2. The molecule has 0 spiro atoms. The van der Waals surface area contributed by atoms with E-state index in [0.29, 0.717) is 17.4 Å². The number of ether oxygens (including phenoxy) is 2. The summed E-state index contributed by atoms with van der Waals surface area (Å²) in [6, 6.07) is 18.3. The minimum Gasteiger partial charge on any atom is -0.493 e. The summed E-state index contributed by atoms with van der Waals surface area (Å²) in [6.07, 6.45) is 2.56. The van der Waals surface area contributed by atoms with E-state index in [1.165, 1.54) is 23.3 Å². The molecule has 2 aromatic carbocycles. The second kappa shape index (κ2) is 8.43. The Bertz CT molecular complexity index is 1210. The number of fused-ring (bicyclic) bond motifs is 1. The van der Waals surface area contributed by atoms with Crippen LogP contribution in [-0.4, -0.2) is 30.7 Å².